The zero-order chi connectivity index (χ0) is 21.4. The first-order valence-corrected chi connectivity index (χ1v) is 9.28. The van der Waals surface area contributed by atoms with Crippen molar-refractivity contribution in [1.82, 2.24) is 14.5 Å². The molecule has 0 aliphatic heterocycles. The van der Waals surface area contributed by atoms with Crippen molar-refractivity contribution in [2.75, 3.05) is 0 Å². The number of nitrogens with one attached hydrogen (secondary N) is 1. The number of hydrogen-bond acceptors (Lipinski definition) is 6. The minimum absolute atomic E-state index is 0.0593. The summed E-state index contributed by atoms with van der Waals surface area (Å²) in [5.74, 6) is 0.794. The fraction of sp³-hybridized carbons (Fsp3) is 0.182. The number of nitrogens with zero attached hydrogens (tertiary/aromatic N) is 2. The molecule has 0 aliphatic rings. The number of rotatable bonds is 5. The Kier molecular flexibility index (Phi) is 4.83. The second kappa shape index (κ2) is 7.47. The summed E-state index contributed by atoms with van der Waals surface area (Å²) < 4.78 is 12.7. The number of carbonyl (C=O) groups excluding carboxylic acids is 1. The Labute approximate surface area is 170 Å². The van der Waals surface area contributed by atoms with E-state index < -0.39 is 11.2 Å². The summed E-state index contributed by atoms with van der Waals surface area (Å²) >= 11 is 0. The molecule has 8 nitrogen and oxygen atoms in total. The molecule has 1 aromatic carbocycles. The SMILES string of the molecule is CC(=O)Cc1cc(Oc2nccc3occc23)ccc1-c1c(C)c(=O)[nH]c(=O)n1C. The van der Waals surface area contributed by atoms with Crippen LogP contribution in [-0.4, -0.2) is 20.3 Å². The molecule has 0 aliphatic carbocycles. The lowest BCUT2D eigenvalue weighted by Crippen LogP contribution is -2.31. The molecule has 3 aromatic heterocycles. The van der Waals surface area contributed by atoms with Crippen molar-refractivity contribution in [1.29, 1.82) is 0 Å². The van der Waals surface area contributed by atoms with E-state index in [-0.39, 0.29) is 12.2 Å². The van der Waals surface area contributed by atoms with Crippen LogP contribution >= 0.6 is 0 Å². The molecule has 0 unspecified atom stereocenters. The van der Waals surface area contributed by atoms with Gasteiger partial charge < -0.3 is 9.15 Å². The van der Waals surface area contributed by atoms with Gasteiger partial charge in [-0.25, -0.2) is 9.78 Å². The molecule has 4 rings (SSSR count). The third kappa shape index (κ3) is 3.43. The average Bonchev–Trinajstić information content (AvgIpc) is 3.17. The van der Waals surface area contributed by atoms with Crippen LogP contribution in [0.4, 0.5) is 0 Å². The van der Waals surface area contributed by atoms with Crippen LogP contribution in [-0.2, 0) is 18.3 Å². The maximum Gasteiger partial charge on any atom is 0.328 e. The minimum atomic E-state index is -0.523. The van der Waals surface area contributed by atoms with Crippen LogP contribution in [0.2, 0.25) is 0 Å². The number of aromatic amines is 1. The van der Waals surface area contributed by atoms with E-state index in [1.165, 1.54) is 11.5 Å². The van der Waals surface area contributed by atoms with E-state index >= 15 is 0 Å². The van der Waals surface area contributed by atoms with Crippen LogP contribution in [0, 0.1) is 6.92 Å². The Morgan fingerprint density at radius 3 is 2.80 bits per heavy atom. The number of carbonyl (C=O) groups is 1. The quantitative estimate of drug-likeness (QED) is 0.547. The molecule has 152 valence electrons. The van der Waals surface area contributed by atoms with Crippen LogP contribution in [0.5, 0.6) is 11.6 Å². The molecule has 8 heteroatoms. The highest BCUT2D eigenvalue weighted by Crippen LogP contribution is 2.32. The van der Waals surface area contributed by atoms with Gasteiger partial charge in [0.15, 0.2) is 0 Å². The molecule has 0 atom stereocenters. The number of furan rings is 1. The van der Waals surface area contributed by atoms with Crippen LogP contribution in [0.15, 0.2) is 56.8 Å². The largest absolute Gasteiger partial charge is 0.464 e. The normalized spacial score (nSPS) is 11.0. The maximum absolute atomic E-state index is 12.1. The summed E-state index contributed by atoms with van der Waals surface area (Å²) in [4.78, 5) is 42.7. The monoisotopic (exact) mass is 405 g/mol. The van der Waals surface area contributed by atoms with Gasteiger partial charge in [-0.05, 0) is 49.7 Å². The number of pyridine rings is 1. The van der Waals surface area contributed by atoms with Crippen molar-refractivity contribution in [2.45, 2.75) is 20.3 Å². The molecule has 0 saturated carbocycles. The summed E-state index contributed by atoms with van der Waals surface area (Å²) in [7, 11) is 1.58. The van der Waals surface area contributed by atoms with Crippen molar-refractivity contribution in [3.63, 3.8) is 0 Å². The number of aromatic nitrogens is 3. The van der Waals surface area contributed by atoms with E-state index in [9.17, 15) is 14.4 Å². The Balaban J connectivity index is 1.85. The number of hydrogen-bond donors (Lipinski definition) is 1. The van der Waals surface area contributed by atoms with Crippen LogP contribution in [0.25, 0.3) is 22.2 Å². The van der Waals surface area contributed by atoms with Gasteiger partial charge >= 0.3 is 5.69 Å². The molecule has 30 heavy (non-hydrogen) atoms. The van der Waals surface area contributed by atoms with Crippen molar-refractivity contribution in [2.24, 2.45) is 7.05 Å². The first-order chi connectivity index (χ1) is 14.3. The zero-order valence-electron chi connectivity index (χ0n) is 16.7. The van der Waals surface area contributed by atoms with Crippen LogP contribution < -0.4 is 16.0 Å². The molecule has 0 bridgehead atoms. The lowest BCUT2D eigenvalue weighted by atomic mass is 9.97. The highest BCUT2D eigenvalue weighted by Gasteiger charge is 2.17. The van der Waals surface area contributed by atoms with Gasteiger partial charge in [0.25, 0.3) is 5.56 Å². The number of ketones is 1. The van der Waals surface area contributed by atoms with Gasteiger partial charge in [-0.2, -0.15) is 0 Å². The van der Waals surface area contributed by atoms with Gasteiger partial charge in [0.2, 0.25) is 5.88 Å². The zero-order valence-corrected chi connectivity index (χ0v) is 16.7. The van der Waals surface area contributed by atoms with Gasteiger partial charge in [-0.1, -0.05) is 0 Å². The predicted octanol–water partition coefficient (Wildman–Crippen LogP) is 3.11. The summed E-state index contributed by atoms with van der Waals surface area (Å²) in [6.45, 7) is 3.12. The van der Waals surface area contributed by atoms with E-state index in [0.29, 0.717) is 39.6 Å². The van der Waals surface area contributed by atoms with E-state index in [1.54, 1.807) is 56.8 Å². The van der Waals surface area contributed by atoms with Crippen molar-refractivity contribution >= 4 is 16.8 Å². The third-order valence-electron chi connectivity index (χ3n) is 4.89. The smallest absolute Gasteiger partial charge is 0.328 e. The van der Waals surface area contributed by atoms with E-state index in [2.05, 4.69) is 9.97 Å². The second-order valence-electron chi connectivity index (χ2n) is 7.04. The van der Waals surface area contributed by atoms with Gasteiger partial charge in [0.05, 0.1) is 17.3 Å². The second-order valence-corrected chi connectivity index (χ2v) is 7.04. The van der Waals surface area contributed by atoms with E-state index in [4.69, 9.17) is 9.15 Å². The summed E-state index contributed by atoms with van der Waals surface area (Å²) in [5.41, 5.74) is 1.78. The molecular weight excluding hydrogens is 386 g/mol. The molecule has 1 N–H and O–H groups in total. The van der Waals surface area contributed by atoms with Crippen molar-refractivity contribution < 1.29 is 13.9 Å². The Hall–Kier alpha value is -3.94. The standard InChI is InChI=1S/C22H19N3O5/c1-12(26)10-14-11-15(30-21-17-7-9-29-18(17)6-8-23-21)4-5-16(14)19-13(2)20(27)24-22(28)25(19)3/h4-9,11H,10H2,1-3H3,(H,24,27,28). The number of benzene rings is 1. The van der Waals surface area contributed by atoms with Gasteiger partial charge in [-0.15, -0.1) is 0 Å². The molecule has 0 spiro atoms. The molecule has 4 aromatic rings. The molecule has 0 radical (unpaired) electrons. The summed E-state index contributed by atoms with van der Waals surface area (Å²) in [6.07, 6.45) is 3.26. The lowest BCUT2D eigenvalue weighted by molar-refractivity contribution is -0.116. The van der Waals surface area contributed by atoms with Gasteiger partial charge in [0.1, 0.15) is 17.1 Å². The molecule has 0 saturated heterocycles. The van der Waals surface area contributed by atoms with Crippen LogP contribution in [0.1, 0.15) is 18.1 Å². The summed E-state index contributed by atoms with van der Waals surface area (Å²) in [5, 5.41) is 0.725. The number of ether oxygens (including phenoxy) is 1. The highest BCUT2D eigenvalue weighted by atomic mass is 16.5. The topological polar surface area (TPSA) is 107 Å². The number of H-pyrrole nitrogens is 1. The van der Waals surface area contributed by atoms with Crippen molar-refractivity contribution in [3.05, 3.63) is 74.8 Å². The van der Waals surface area contributed by atoms with Gasteiger partial charge in [0, 0.05) is 30.8 Å². The third-order valence-corrected chi connectivity index (χ3v) is 4.89. The first kappa shape index (κ1) is 19.4. The van der Waals surface area contributed by atoms with Gasteiger partial charge in [-0.3, -0.25) is 19.1 Å². The van der Waals surface area contributed by atoms with E-state index in [0.717, 1.165) is 5.39 Å². The molecule has 0 amide bonds. The predicted molar refractivity (Wildman–Crippen MR) is 111 cm³/mol. The minimum Gasteiger partial charge on any atom is -0.464 e. The lowest BCUT2D eigenvalue weighted by Gasteiger charge is -2.16. The maximum atomic E-state index is 12.1. The van der Waals surface area contributed by atoms with Crippen molar-refractivity contribution in [3.8, 4) is 22.9 Å². The average molecular weight is 405 g/mol. The molecule has 0 fully saturated rings. The first-order valence-electron chi connectivity index (χ1n) is 9.28. The summed E-state index contributed by atoms with van der Waals surface area (Å²) in [6, 6.07) is 8.68. The Morgan fingerprint density at radius 1 is 1.23 bits per heavy atom. The Bertz CT molecular complexity index is 1360. The van der Waals surface area contributed by atoms with Crippen LogP contribution in [0.3, 0.4) is 0 Å². The molecule has 3 heterocycles. The highest BCUT2D eigenvalue weighted by molar-refractivity contribution is 5.83. The number of Topliss-reactive ketones (excluding diaryl/α,β-unsaturated/α-hetero) is 1. The number of fused-ring (bicyclic) bond motifs is 1. The molecular formula is C22H19N3O5. The van der Waals surface area contributed by atoms with E-state index in [1.807, 2.05) is 0 Å². The Morgan fingerprint density at radius 2 is 2.03 bits per heavy atom. The fourth-order valence-electron chi connectivity index (χ4n) is 3.46. The fourth-order valence-corrected chi connectivity index (χ4v) is 3.46.